The molecule has 1 heterocycles. The Morgan fingerprint density at radius 1 is 1.33 bits per heavy atom. The minimum Gasteiger partial charge on any atom is -0.454 e. The molecule has 0 bridgehead atoms. The second kappa shape index (κ2) is 7.08. The van der Waals surface area contributed by atoms with Gasteiger partial charge in [-0.1, -0.05) is 50.6 Å². The van der Waals surface area contributed by atoms with E-state index >= 15 is 0 Å². The molecule has 1 aliphatic rings. The van der Waals surface area contributed by atoms with E-state index in [4.69, 9.17) is 4.74 Å². The average molecular weight is 289 g/mol. The molecule has 0 radical (unpaired) electrons. The third-order valence-electron chi connectivity index (χ3n) is 4.52. The monoisotopic (exact) mass is 289 g/mol. The number of benzene rings is 1. The SMILES string of the molecule is CCC[C@](OC(=O)CC)(c1ccccc1)[C@@H]1CCN(C)C1. The number of likely N-dealkylation sites (tertiary alicyclic amines) is 1. The zero-order valence-electron chi connectivity index (χ0n) is 13.5. The van der Waals surface area contributed by atoms with Crippen molar-refractivity contribution in [3.63, 3.8) is 0 Å². The summed E-state index contributed by atoms with van der Waals surface area (Å²) < 4.78 is 6.08. The number of rotatable bonds is 6. The first-order valence-corrected chi connectivity index (χ1v) is 8.08. The highest BCUT2D eigenvalue weighted by molar-refractivity contribution is 5.69. The Hall–Kier alpha value is -1.35. The van der Waals surface area contributed by atoms with Gasteiger partial charge in [-0.05, 0) is 32.0 Å². The fourth-order valence-corrected chi connectivity index (χ4v) is 3.46. The average Bonchev–Trinajstić information content (AvgIpc) is 2.94. The lowest BCUT2D eigenvalue weighted by Crippen LogP contribution is -2.41. The molecule has 0 aliphatic carbocycles. The topological polar surface area (TPSA) is 29.5 Å². The van der Waals surface area contributed by atoms with Crippen LogP contribution in [0.2, 0.25) is 0 Å². The molecule has 1 aromatic carbocycles. The number of hydrogen-bond acceptors (Lipinski definition) is 3. The summed E-state index contributed by atoms with van der Waals surface area (Å²) in [6.45, 7) is 6.10. The molecule has 0 N–H and O–H groups in total. The maximum absolute atomic E-state index is 12.1. The molecule has 0 saturated carbocycles. The van der Waals surface area contributed by atoms with Gasteiger partial charge in [0, 0.05) is 18.9 Å². The summed E-state index contributed by atoms with van der Waals surface area (Å²) in [7, 11) is 2.14. The van der Waals surface area contributed by atoms with Crippen LogP contribution in [0.3, 0.4) is 0 Å². The predicted octanol–water partition coefficient (Wildman–Crippen LogP) is 3.59. The number of ether oxygens (including phenoxy) is 1. The Morgan fingerprint density at radius 2 is 2.05 bits per heavy atom. The summed E-state index contributed by atoms with van der Waals surface area (Å²) in [5, 5.41) is 0. The van der Waals surface area contributed by atoms with Crippen molar-refractivity contribution >= 4 is 5.97 Å². The van der Waals surface area contributed by atoms with E-state index in [-0.39, 0.29) is 5.97 Å². The fraction of sp³-hybridized carbons (Fsp3) is 0.611. The van der Waals surface area contributed by atoms with Crippen molar-refractivity contribution < 1.29 is 9.53 Å². The molecule has 1 aromatic rings. The predicted molar refractivity (Wildman–Crippen MR) is 85.0 cm³/mol. The Labute approximate surface area is 128 Å². The van der Waals surface area contributed by atoms with Crippen LogP contribution in [0.4, 0.5) is 0 Å². The maximum Gasteiger partial charge on any atom is 0.306 e. The van der Waals surface area contributed by atoms with Crippen LogP contribution in [0.5, 0.6) is 0 Å². The molecule has 1 fully saturated rings. The van der Waals surface area contributed by atoms with Gasteiger partial charge in [-0.2, -0.15) is 0 Å². The Morgan fingerprint density at radius 3 is 2.57 bits per heavy atom. The fourth-order valence-electron chi connectivity index (χ4n) is 3.46. The number of carbonyl (C=O) groups excluding carboxylic acids is 1. The van der Waals surface area contributed by atoms with Gasteiger partial charge in [0.25, 0.3) is 0 Å². The maximum atomic E-state index is 12.1. The van der Waals surface area contributed by atoms with E-state index in [1.165, 1.54) is 0 Å². The van der Waals surface area contributed by atoms with Crippen LogP contribution in [0, 0.1) is 5.92 Å². The van der Waals surface area contributed by atoms with Gasteiger partial charge in [-0.15, -0.1) is 0 Å². The molecule has 116 valence electrons. The number of nitrogens with zero attached hydrogens (tertiary/aromatic N) is 1. The molecular formula is C18H27NO2. The van der Waals surface area contributed by atoms with Crippen LogP contribution in [0.15, 0.2) is 30.3 Å². The molecule has 3 heteroatoms. The zero-order valence-corrected chi connectivity index (χ0v) is 13.5. The normalized spacial score (nSPS) is 22.0. The number of hydrogen-bond donors (Lipinski definition) is 0. The van der Waals surface area contributed by atoms with Gasteiger partial charge >= 0.3 is 5.97 Å². The largest absolute Gasteiger partial charge is 0.454 e. The van der Waals surface area contributed by atoms with Crippen molar-refractivity contribution in [1.29, 1.82) is 0 Å². The van der Waals surface area contributed by atoms with Crippen molar-refractivity contribution in [2.24, 2.45) is 5.92 Å². The van der Waals surface area contributed by atoms with Crippen molar-refractivity contribution in [1.82, 2.24) is 4.90 Å². The van der Waals surface area contributed by atoms with Crippen molar-refractivity contribution in [2.45, 2.75) is 45.1 Å². The molecule has 0 spiro atoms. The van der Waals surface area contributed by atoms with E-state index in [1.807, 2.05) is 25.1 Å². The molecule has 1 aliphatic heterocycles. The molecule has 2 rings (SSSR count). The van der Waals surface area contributed by atoms with Crippen LogP contribution in [-0.4, -0.2) is 31.0 Å². The van der Waals surface area contributed by atoms with Crippen molar-refractivity contribution in [3.8, 4) is 0 Å². The third-order valence-corrected chi connectivity index (χ3v) is 4.52. The highest BCUT2D eigenvalue weighted by Crippen LogP contribution is 2.42. The van der Waals surface area contributed by atoms with E-state index in [1.54, 1.807) is 0 Å². The molecule has 1 saturated heterocycles. The zero-order chi connectivity index (χ0) is 15.3. The van der Waals surface area contributed by atoms with Crippen LogP contribution >= 0.6 is 0 Å². The molecule has 0 amide bonds. The minimum absolute atomic E-state index is 0.0955. The second-order valence-corrected chi connectivity index (χ2v) is 6.08. The Bertz CT molecular complexity index is 460. The van der Waals surface area contributed by atoms with Gasteiger partial charge in [0.15, 0.2) is 0 Å². The summed E-state index contributed by atoms with van der Waals surface area (Å²) in [5.41, 5.74) is 0.683. The third kappa shape index (κ3) is 3.46. The lowest BCUT2D eigenvalue weighted by molar-refractivity contribution is -0.169. The van der Waals surface area contributed by atoms with Crippen LogP contribution in [0.25, 0.3) is 0 Å². The van der Waals surface area contributed by atoms with Gasteiger partial charge in [-0.3, -0.25) is 4.79 Å². The van der Waals surface area contributed by atoms with E-state index in [0.717, 1.165) is 37.9 Å². The first kappa shape index (κ1) is 16.0. The van der Waals surface area contributed by atoms with Crippen LogP contribution in [-0.2, 0) is 15.1 Å². The molecule has 3 nitrogen and oxygen atoms in total. The standard InChI is InChI=1S/C18H27NO2/c1-4-12-18(21-17(20)5-2,15-9-7-6-8-10-15)16-11-13-19(3)14-16/h6-10,16H,4-5,11-14H2,1-3H3/t16-,18+/m1/s1. The Balaban J connectivity index is 2.40. The van der Waals surface area contributed by atoms with Gasteiger partial charge in [0.1, 0.15) is 5.60 Å². The van der Waals surface area contributed by atoms with Crippen molar-refractivity contribution in [2.75, 3.05) is 20.1 Å². The molecule has 0 aromatic heterocycles. The van der Waals surface area contributed by atoms with Gasteiger partial charge in [-0.25, -0.2) is 0 Å². The second-order valence-electron chi connectivity index (χ2n) is 6.08. The first-order valence-electron chi connectivity index (χ1n) is 8.08. The highest BCUT2D eigenvalue weighted by atomic mass is 16.6. The van der Waals surface area contributed by atoms with Gasteiger partial charge in [0.05, 0.1) is 0 Å². The van der Waals surface area contributed by atoms with Gasteiger partial charge in [0.2, 0.25) is 0 Å². The van der Waals surface area contributed by atoms with E-state index in [9.17, 15) is 4.79 Å². The first-order chi connectivity index (χ1) is 10.1. The summed E-state index contributed by atoms with van der Waals surface area (Å²) in [4.78, 5) is 14.4. The lowest BCUT2D eigenvalue weighted by atomic mass is 9.77. The summed E-state index contributed by atoms with van der Waals surface area (Å²) in [5.74, 6) is 0.280. The highest BCUT2D eigenvalue weighted by Gasteiger charge is 2.45. The molecular weight excluding hydrogens is 262 g/mol. The Kier molecular flexibility index (Phi) is 5.40. The van der Waals surface area contributed by atoms with Crippen molar-refractivity contribution in [3.05, 3.63) is 35.9 Å². The number of esters is 1. The lowest BCUT2D eigenvalue weighted by Gasteiger charge is -2.39. The van der Waals surface area contributed by atoms with E-state index in [2.05, 4.69) is 31.0 Å². The molecule has 21 heavy (non-hydrogen) atoms. The number of carbonyl (C=O) groups is 1. The summed E-state index contributed by atoms with van der Waals surface area (Å²) in [6.07, 6.45) is 3.41. The summed E-state index contributed by atoms with van der Waals surface area (Å²) in [6, 6.07) is 10.3. The summed E-state index contributed by atoms with van der Waals surface area (Å²) >= 11 is 0. The van der Waals surface area contributed by atoms with Crippen LogP contribution < -0.4 is 0 Å². The minimum atomic E-state index is -0.464. The molecule has 0 unspecified atom stereocenters. The molecule has 2 atom stereocenters. The van der Waals surface area contributed by atoms with E-state index in [0.29, 0.717) is 12.3 Å². The smallest absolute Gasteiger partial charge is 0.306 e. The quantitative estimate of drug-likeness (QED) is 0.750. The van der Waals surface area contributed by atoms with Crippen LogP contribution in [0.1, 0.15) is 45.1 Å². The van der Waals surface area contributed by atoms with E-state index < -0.39 is 5.60 Å². The van der Waals surface area contributed by atoms with Gasteiger partial charge < -0.3 is 9.64 Å².